The van der Waals surface area contributed by atoms with Crippen LogP contribution in [0.15, 0.2) is 48.5 Å². The Kier molecular flexibility index (Phi) is 6.28. The van der Waals surface area contributed by atoms with Crippen molar-refractivity contribution in [3.63, 3.8) is 0 Å². The fourth-order valence-electron chi connectivity index (χ4n) is 3.11. The molecular formula is C20H21N3O6. The highest BCUT2D eigenvalue weighted by Crippen LogP contribution is 2.27. The fraction of sp³-hybridized carbons (Fsp3) is 0.300. The van der Waals surface area contributed by atoms with E-state index in [4.69, 9.17) is 9.47 Å². The average Bonchev–Trinajstić information content (AvgIpc) is 2.77. The third kappa shape index (κ3) is 4.81. The zero-order valence-electron chi connectivity index (χ0n) is 15.9. The van der Waals surface area contributed by atoms with E-state index in [1.165, 1.54) is 19.2 Å². The average molecular weight is 399 g/mol. The quantitative estimate of drug-likeness (QED) is 0.416. The van der Waals surface area contributed by atoms with E-state index in [1.54, 1.807) is 4.90 Å². The van der Waals surface area contributed by atoms with Crippen molar-refractivity contribution in [2.75, 3.05) is 44.8 Å². The lowest BCUT2D eigenvalue weighted by atomic mass is 10.2. The summed E-state index contributed by atoms with van der Waals surface area (Å²) in [6.07, 6.45) is 0. The van der Waals surface area contributed by atoms with Gasteiger partial charge in [-0.15, -0.1) is 0 Å². The molecule has 2 aromatic carbocycles. The first kappa shape index (κ1) is 20.1. The molecule has 1 fully saturated rings. The van der Waals surface area contributed by atoms with Crippen molar-refractivity contribution >= 4 is 23.3 Å². The molecule has 0 atom stereocenters. The maximum Gasteiger partial charge on any atom is 0.338 e. The van der Waals surface area contributed by atoms with Gasteiger partial charge in [0.1, 0.15) is 0 Å². The van der Waals surface area contributed by atoms with Gasteiger partial charge in [0.15, 0.2) is 12.4 Å². The van der Waals surface area contributed by atoms with Crippen LogP contribution in [-0.2, 0) is 9.53 Å². The topological polar surface area (TPSA) is 102 Å². The number of benzene rings is 2. The number of nitro groups is 1. The van der Waals surface area contributed by atoms with Gasteiger partial charge in [0.05, 0.1) is 17.6 Å². The number of amides is 1. The number of hydrogen-bond donors (Lipinski definition) is 0. The van der Waals surface area contributed by atoms with Crippen molar-refractivity contribution in [1.82, 2.24) is 4.90 Å². The second kappa shape index (κ2) is 9.05. The normalized spacial score (nSPS) is 13.7. The lowest BCUT2D eigenvalue weighted by Crippen LogP contribution is -2.49. The van der Waals surface area contributed by atoms with E-state index in [0.29, 0.717) is 26.2 Å². The number of esters is 1. The maximum atomic E-state index is 12.4. The summed E-state index contributed by atoms with van der Waals surface area (Å²) >= 11 is 0. The molecule has 0 N–H and O–H groups in total. The summed E-state index contributed by atoms with van der Waals surface area (Å²) in [4.78, 5) is 38.8. The van der Waals surface area contributed by atoms with Gasteiger partial charge in [-0.05, 0) is 24.3 Å². The number of nitro benzene ring substituents is 1. The molecule has 152 valence electrons. The minimum Gasteiger partial charge on any atom is -0.490 e. The fourth-order valence-corrected chi connectivity index (χ4v) is 3.11. The molecule has 1 heterocycles. The Bertz CT molecular complexity index is 894. The standard InChI is InChI=1S/C20H21N3O6/c1-28-18-8-7-15(13-17(18)23(26)27)20(25)29-14-19(24)22-11-9-21(10-12-22)16-5-3-2-4-6-16/h2-8,13H,9-12,14H2,1H3. The highest BCUT2D eigenvalue weighted by Gasteiger charge is 2.23. The van der Waals surface area contributed by atoms with Crippen molar-refractivity contribution in [2.45, 2.75) is 0 Å². The van der Waals surface area contributed by atoms with Gasteiger partial charge in [-0.3, -0.25) is 14.9 Å². The lowest BCUT2D eigenvalue weighted by molar-refractivity contribution is -0.385. The Labute approximate surface area is 167 Å². The molecule has 0 saturated carbocycles. The molecule has 0 aromatic heterocycles. The molecular weight excluding hydrogens is 378 g/mol. The van der Waals surface area contributed by atoms with Crippen LogP contribution in [0.3, 0.4) is 0 Å². The first-order valence-corrected chi connectivity index (χ1v) is 9.07. The molecule has 1 aliphatic rings. The van der Waals surface area contributed by atoms with Gasteiger partial charge in [-0.1, -0.05) is 18.2 Å². The number of carbonyl (C=O) groups is 2. The third-order valence-electron chi connectivity index (χ3n) is 4.69. The zero-order valence-corrected chi connectivity index (χ0v) is 15.9. The largest absolute Gasteiger partial charge is 0.490 e. The summed E-state index contributed by atoms with van der Waals surface area (Å²) < 4.78 is 9.96. The summed E-state index contributed by atoms with van der Waals surface area (Å²) in [5.41, 5.74) is 0.747. The molecule has 0 spiro atoms. The second-order valence-corrected chi connectivity index (χ2v) is 6.42. The van der Waals surface area contributed by atoms with Crippen molar-refractivity contribution < 1.29 is 24.0 Å². The van der Waals surface area contributed by atoms with Crippen LogP contribution >= 0.6 is 0 Å². The number of nitrogens with zero attached hydrogens (tertiary/aromatic N) is 3. The highest BCUT2D eigenvalue weighted by molar-refractivity contribution is 5.92. The van der Waals surface area contributed by atoms with Gasteiger partial charge < -0.3 is 19.3 Å². The van der Waals surface area contributed by atoms with E-state index in [-0.39, 0.29) is 22.9 Å². The highest BCUT2D eigenvalue weighted by atomic mass is 16.6. The van der Waals surface area contributed by atoms with Crippen LogP contribution in [0.2, 0.25) is 0 Å². The second-order valence-electron chi connectivity index (χ2n) is 6.42. The molecule has 1 amide bonds. The first-order valence-electron chi connectivity index (χ1n) is 9.07. The number of rotatable bonds is 6. The van der Waals surface area contributed by atoms with Crippen molar-refractivity contribution in [3.05, 3.63) is 64.2 Å². The smallest absolute Gasteiger partial charge is 0.338 e. The number of anilines is 1. The van der Waals surface area contributed by atoms with Gasteiger partial charge in [0, 0.05) is 37.9 Å². The van der Waals surface area contributed by atoms with Crippen LogP contribution in [0.5, 0.6) is 5.75 Å². The molecule has 0 bridgehead atoms. The van der Waals surface area contributed by atoms with E-state index in [1.807, 2.05) is 30.3 Å². The van der Waals surface area contributed by atoms with Gasteiger partial charge in [-0.2, -0.15) is 0 Å². The van der Waals surface area contributed by atoms with E-state index >= 15 is 0 Å². The van der Waals surface area contributed by atoms with Crippen molar-refractivity contribution in [1.29, 1.82) is 0 Å². The van der Waals surface area contributed by atoms with Crippen LogP contribution in [0.4, 0.5) is 11.4 Å². The number of carbonyl (C=O) groups excluding carboxylic acids is 2. The van der Waals surface area contributed by atoms with Crippen LogP contribution in [0, 0.1) is 10.1 Å². The van der Waals surface area contributed by atoms with E-state index in [0.717, 1.165) is 11.8 Å². The van der Waals surface area contributed by atoms with Gasteiger partial charge >= 0.3 is 11.7 Å². The molecule has 2 aromatic rings. The van der Waals surface area contributed by atoms with E-state index in [2.05, 4.69) is 4.90 Å². The molecule has 3 rings (SSSR count). The number of methoxy groups -OCH3 is 1. The maximum absolute atomic E-state index is 12.4. The molecule has 9 nitrogen and oxygen atoms in total. The van der Waals surface area contributed by atoms with Crippen LogP contribution in [0.25, 0.3) is 0 Å². The molecule has 1 saturated heterocycles. The minimum absolute atomic E-state index is 0.0146. The Hall–Kier alpha value is -3.62. The number of hydrogen-bond acceptors (Lipinski definition) is 7. The third-order valence-corrected chi connectivity index (χ3v) is 4.69. The zero-order chi connectivity index (χ0) is 20.8. The number of ether oxygens (including phenoxy) is 2. The predicted molar refractivity (Wildman–Crippen MR) is 105 cm³/mol. The summed E-state index contributed by atoms with van der Waals surface area (Å²) in [6.45, 7) is 2.02. The molecule has 29 heavy (non-hydrogen) atoms. The van der Waals surface area contributed by atoms with Crippen molar-refractivity contribution in [3.8, 4) is 5.75 Å². The lowest BCUT2D eigenvalue weighted by Gasteiger charge is -2.36. The monoisotopic (exact) mass is 399 g/mol. The molecule has 0 unspecified atom stereocenters. The van der Waals surface area contributed by atoms with Crippen LogP contribution in [-0.4, -0.2) is 61.6 Å². The van der Waals surface area contributed by atoms with Crippen LogP contribution in [0.1, 0.15) is 10.4 Å². The molecule has 9 heteroatoms. The summed E-state index contributed by atoms with van der Waals surface area (Å²) in [7, 11) is 1.30. The van der Waals surface area contributed by atoms with E-state index < -0.39 is 17.5 Å². The van der Waals surface area contributed by atoms with Crippen LogP contribution < -0.4 is 9.64 Å². The Morgan fingerprint density at radius 1 is 1.07 bits per heavy atom. The van der Waals surface area contributed by atoms with Crippen molar-refractivity contribution in [2.24, 2.45) is 0 Å². The van der Waals surface area contributed by atoms with Gasteiger partial charge in [0.2, 0.25) is 0 Å². The molecule has 0 radical (unpaired) electrons. The SMILES string of the molecule is COc1ccc(C(=O)OCC(=O)N2CCN(c3ccccc3)CC2)cc1[N+](=O)[O-]. The first-order chi connectivity index (χ1) is 14.0. The van der Waals surface area contributed by atoms with Gasteiger partial charge in [0.25, 0.3) is 5.91 Å². The predicted octanol–water partition coefficient (Wildman–Crippen LogP) is 2.11. The Balaban J connectivity index is 1.53. The summed E-state index contributed by atoms with van der Waals surface area (Å²) in [5, 5.41) is 11.1. The Morgan fingerprint density at radius 2 is 1.76 bits per heavy atom. The van der Waals surface area contributed by atoms with E-state index in [9.17, 15) is 19.7 Å². The Morgan fingerprint density at radius 3 is 2.38 bits per heavy atom. The number of para-hydroxylation sites is 1. The molecule has 0 aliphatic carbocycles. The minimum atomic E-state index is -0.799. The van der Waals surface area contributed by atoms with Gasteiger partial charge in [-0.25, -0.2) is 4.79 Å². The summed E-state index contributed by atoms with van der Waals surface area (Å²) in [6, 6.07) is 13.7. The summed E-state index contributed by atoms with van der Waals surface area (Å²) in [5.74, 6) is -1.06. The number of piperazine rings is 1. The molecule has 1 aliphatic heterocycles.